The van der Waals surface area contributed by atoms with Gasteiger partial charge in [-0.05, 0) is 24.8 Å². The minimum Gasteiger partial charge on any atom is -0.381 e. The van der Waals surface area contributed by atoms with Crippen molar-refractivity contribution in [3.63, 3.8) is 0 Å². The number of amides is 1. The van der Waals surface area contributed by atoms with E-state index < -0.39 is 0 Å². The van der Waals surface area contributed by atoms with Crippen LogP contribution < -0.4 is 5.32 Å². The Morgan fingerprint density at radius 1 is 1.24 bits per heavy atom. The van der Waals surface area contributed by atoms with Crippen molar-refractivity contribution in [3.05, 3.63) is 35.9 Å². The van der Waals surface area contributed by atoms with Crippen LogP contribution in [0.1, 0.15) is 44.2 Å². The van der Waals surface area contributed by atoms with E-state index in [2.05, 4.69) is 17.1 Å². The van der Waals surface area contributed by atoms with Crippen LogP contribution in [0, 0.1) is 0 Å². The summed E-state index contributed by atoms with van der Waals surface area (Å²) < 4.78 is 5.44. The smallest absolute Gasteiger partial charge is 0.245 e. The second kappa shape index (κ2) is 6.58. The number of ether oxygens (including phenoxy) is 1. The summed E-state index contributed by atoms with van der Waals surface area (Å²) in [5.74, 6) is 0.228. The fraction of sp³-hybridized carbons (Fsp3) is 0.588. The Labute approximate surface area is 126 Å². The number of hydrogen-bond donors (Lipinski definition) is 1. The van der Waals surface area contributed by atoms with E-state index in [-0.39, 0.29) is 18.1 Å². The first kappa shape index (κ1) is 14.5. The van der Waals surface area contributed by atoms with Crippen molar-refractivity contribution < 1.29 is 9.53 Å². The van der Waals surface area contributed by atoms with E-state index in [1.807, 2.05) is 30.3 Å². The molecule has 114 valence electrons. The van der Waals surface area contributed by atoms with Gasteiger partial charge in [-0.25, -0.2) is 0 Å². The molecule has 0 spiro atoms. The highest BCUT2D eigenvalue weighted by atomic mass is 16.5. The minimum absolute atomic E-state index is 0.163. The van der Waals surface area contributed by atoms with E-state index in [1.54, 1.807) is 0 Å². The van der Waals surface area contributed by atoms with Crippen LogP contribution in [0.5, 0.6) is 0 Å². The first-order chi connectivity index (χ1) is 10.3. The van der Waals surface area contributed by atoms with Gasteiger partial charge in [-0.15, -0.1) is 0 Å². The molecule has 1 N–H and O–H groups in total. The maximum atomic E-state index is 12.9. The lowest BCUT2D eigenvalue weighted by Crippen LogP contribution is -2.46. The molecule has 21 heavy (non-hydrogen) atoms. The second-order valence-electron chi connectivity index (χ2n) is 5.90. The van der Waals surface area contributed by atoms with E-state index in [0.717, 1.165) is 44.5 Å². The zero-order valence-electron chi connectivity index (χ0n) is 12.6. The van der Waals surface area contributed by atoms with Gasteiger partial charge in [0, 0.05) is 19.3 Å². The van der Waals surface area contributed by atoms with Gasteiger partial charge in [-0.1, -0.05) is 43.7 Å². The lowest BCUT2D eigenvalue weighted by atomic mass is 10.0. The molecule has 2 unspecified atom stereocenters. The zero-order chi connectivity index (χ0) is 14.7. The van der Waals surface area contributed by atoms with Crippen molar-refractivity contribution in [3.8, 4) is 0 Å². The third-order valence-corrected chi connectivity index (χ3v) is 4.48. The van der Waals surface area contributed by atoms with E-state index in [9.17, 15) is 4.79 Å². The van der Waals surface area contributed by atoms with Gasteiger partial charge in [-0.2, -0.15) is 0 Å². The van der Waals surface area contributed by atoms with Gasteiger partial charge in [0.05, 0.1) is 6.17 Å². The highest BCUT2D eigenvalue weighted by molar-refractivity contribution is 5.86. The van der Waals surface area contributed by atoms with Crippen molar-refractivity contribution in [2.45, 2.75) is 50.9 Å². The van der Waals surface area contributed by atoms with Crippen molar-refractivity contribution in [1.29, 1.82) is 0 Å². The molecule has 2 aliphatic heterocycles. The molecule has 1 aromatic carbocycles. The fourth-order valence-corrected chi connectivity index (χ4v) is 3.42. The summed E-state index contributed by atoms with van der Waals surface area (Å²) in [6.45, 7) is 3.71. The first-order valence-corrected chi connectivity index (χ1v) is 8.02. The molecule has 0 aliphatic carbocycles. The summed E-state index contributed by atoms with van der Waals surface area (Å²) in [4.78, 5) is 15.0. The van der Waals surface area contributed by atoms with Crippen LogP contribution in [0.15, 0.2) is 30.3 Å². The van der Waals surface area contributed by atoms with Gasteiger partial charge in [0.1, 0.15) is 6.04 Å². The molecule has 2 aliphatic rings. The van der Waals surface area contributed by atoms with Crippen molar-refractivity contribution in [2.24, 2.45) is 0 Å². The predicted octanol–water partition coefficient (Wildman–Crippen LogP) is 2.46. The number of nitrogens with zero attached hydrogens (tertiary/aromatic N) is 1. The maximum absolute atomic E-state index is 12.9. The van der Waals surface area contributed by atoms with Gasteiger partial charge in [0.25, 0.3) is 0 Å². The summed E-state index contributed by atoms with van der Waals surface area (Å²) in [6.07, 6.45) is 4.15. The van der Waals surface area contributed by atoms with Crippen molar-refractivity contribution in [2.75, 3.05) is 13.2 Å². The van der Waals surface area contributed by atoms with Crippen LogP contribution >= 0.6 is 0 Å². The van der Waals surface area contributed by atoms with Crippen LogP contribution in [0.3, 0.4) is 0 Å². The van der Waals surface area contributed by atoms with Crippen molar-refractivity contribution >= 4 is 5.91 Å². The van der Waals surface area contributed by atoms with Gasteiger partial charge in [0.2, 0.25) is 5.91 Å². The Kier molecular flexibility index (Phi) is 4.56. The molecule has 0 aromatic heterocycles. The number of nitrogens with one attached hydrogen (secondary N) is 1. The fourth-order valence-electron chi connectivity index (χ4n) is 3.42. The number of carbonyl (C=O) groups excluding carboxylic acids is 1. The van der Waals surface area contributed by atoms with E-state index in [0.29, 0.717) is 6.04 Å². The highest BCUT2D eigenvalue weighted by Crippen LogP contribution is 2.30. The molecule has 1 aromatic rings. The zero-order valence-corrected chi connectivity index (χ0v) is 12.6. The standard InChI is InChI=1S/C17H24N2O2/c1-2-6-15-18-16(13-7-4-3-5-8-13)17(20)19(15)14-9-11-21-12-10-14/h3-5,7-8,14-16,18H,2,6,9-12H2,1H3. The average molecular weight is 288 g/mol. The SMILES string of the molecule is CCCC1NC(c2ccccc2)C(=O)N1C1CCOCC1. The summed E-state index contributed by atoms with van der Waals surface area (Å²) in [5.41, 5.74) is 1.07. The normalized spacial score (nSPS) is 27.3. The summed E-state index contributed by atoms with van der Waals surface area (Å²) >= 11 is 0. The number of rotatable bonds is 4. The Balaban J connectivity index is 1.81. The molecular weight excluding hydrogens is 264 g/mol. The summed E-state index contributed by atoms with van der Waals surface area (Å²) in [6, 6.07) is 10.2. The van der Waals surface area contributed by atoms with Gasteiger partial charge < -0.3 is 9.64 Å². The maximum Gasteiger partial charge on any atom is 0.245 e. The lowest BCUT2D eigenvalue weighted by molar-refractivity contribution is -0.134. The average Bonchev–Trinajstić information content (AvgIpc) is 2.86. The molecular formula is C17H24N2O2. The number of benzene rings is 1. The molecule has 2 heterocycles. The molecule has 4 nitrogen and oxygen atoms in total. The summed E-state index contributed by atoms with van der Waals surface area (Å²) in [7, 11) is 0. The van der Waals surface area contributed by atoms with Crippen LogP contribution in [0.2, 0.25) is 0 Å². The van der Waals surface area contributed by atoms with E-state index in [1.165, 1.54) is 0 Å². The van der Waals surface area contributed by atoms with Crippen LogP contribution in [0.25, 0.3) is 0 Å². The lowest BCUT2D eigenvalue weighted by Gasteiger charge is -2.35. The Bertz CT molecular complexity index is 471. The summed E-state index contributed by atoms with van der Waals surface area (Å²) in [5, 5.41) is 3.54. The molecule has 4 heteroatoms. The van der Waals surface area contributed by atoms with Crippen LogP contribution in [-0.4, -0.2) is 36.2 Å². The topological polar surface area (TPSA) is 41.6 Å². The molecule has 0 saturated carbocycles. The molecule has 1 amide bonds. The monoisotopic (exact) mass is 288 g/mol. The molecule has 0 bridgehead atoms. The molecule has 2 fully saturated rings. The van der Waals surface area contributed by atoms with Gasteiger partial charge in [-0.3, -0.25) is 10.1 Å². The van der Waals surface area contributed by atoms with Gasteiger partial charge >= 0.3 is 0 Å². The molecule has 0 radical (unpaired) electrons. The van der Waals surface area contributed by atoms with Crippen LogP contribution in [0.4, 0.5) is 0 Å². The van der Waals surface area contributed by atoms with Gasteiger partial charge in [0.15, 0.2) is 0 Å². The third kappa shape index (κ3) is 2.97. The second-order valence-corrected chi connectivity index (χ2v) is 5.90. The number of hydrogen-bond acceptors (Lipinski definition) is 3. The van der Waals surface area contributed by atoms with E-state index in [4.69, 9.17) is 4.74 Å². The highest BCUT2D eigenvalue weighted by Gasteiger charge is 2.42. The Morgan fingerprint density at radius 3 is 2.62 bits per heavy atom. The molecule has 2 atom stereocenters. The Morgan fingerprint density at radius 2 is 1.95 bits per heavy atom. The first-order valence-electron chi connectivity index (χ1n) is 8.02. The predicted molar refractivity (Wildman–Crippen MR) is 81.7 cm³/mol. The Hall–Kier alpha value is -1.39. The number of carbonyl (C=O) groups is 1. The largest absolute Gasteiger partial charge is 0.381 e. The van der Waals surface area contributed by atoms with E-state index >= 15 is 0 Å². The van der Waals surface area contributed by atoms with Crippen molar-refractivity contribution in [1.82, 2.24) is 10.2 Å². The minimum atomic E-state index is -0.189. The molecule has 2 saturated heterocycles. The quantitative estimate of drug-likeness (QED) is 0.925. The molecule has 3 rings (SSSR count). The van der Waals surface area contributed by atoms with Crippen LogP contribution in [-0.2, 0) is 9.53 Å². The third-order valence-electron chi connectivity index (χ3n) is 4.48.